The Morgan fingerprint density at radius 1 is 1.15 bits per heavy atom. The Morgan fingerprint density at radius 3 is 2.35 bits per heavy atom. The molecule has 0 aliphatic heterocycles. The van der Waals surface area contributed by atoms with E-state index in [1.54, 1.807) is 6.07 Å². The molecule has 3 heteroatoms. The first-order chi connectivity index (χ1) is 9.47. The number of rotatable bonds is 4. The van der Waals surface area contributed by atoms with Gasteiger partial charge in [0.05, 0.1) is 5.56 Å². The van der Waals surface area contributed by atoms with Crippen molar-refractivity contribution in [3.05, 3.63) is 69.4 Å². The molecule has 0 fully saturated rings. The summed E-state index contributed by atoms with van der Waals surface area (Å²) in [6, 6.07) is 12.4. The van der Waals surface area contributed by atoms with Crippen LogP contribution in [0.5, 0.6) is 0 Å². The van der Waals surface area contributed by atoms with E-state index in [4.69, 9.17) is 0 Å². The van der Waals surface area contributed by atoms with Crippen LogP contribution in [0, 0.1) is 5.82 Å². The molecule has 0 saturated carbocycles. The van der Waals surface area contributed by atoms with E-state index in [0.717, 1.165) is 5.56 Å². The van der Waals surface area contributed by atoms with Gasteiger partial charge >= 0.3 is 0 Å². The van der Waals surface area contributed by atoms with Crippen LogP contribution in [0.2, 0.25) is 0 Å². The van der Waals surface area contributed by atoms with Gasteiger partial charge in [-0.25, -0.2) is 4.39 Å². The molecule has 0 unspecified atom stereocenters. The largest absolute Gasteiger partial charge is 0.294 e. The van der Waals surface area contributed by atoms with Gasteiger partial charge in [-0.2, -0.15) is 0 Å². The second kappa shape index (κ2) is 6.31. The second-order valence-electron chi connectivity index (χ2n) is 5.12. The molecule has 0 aliphatic rings. The summed E-state index contributed by atoms with van der Waals surface area (Å²) in [6.45, 7) is 4.24. The van der Waals surface area contributed by atoms with Crippen molar-refractivity contribution < 1.29 is 9.18 Å². The fourth-order valence-electron chi connectivity index (χ4n) is 2.02. The fraction of sp³-hybridized carbons (Fsp3) is 0.235. The van der Waals surface area contributed by atoms with Gasteiger partial charge in [-0.1, -0.05) is 54.0 Å². The number of halogens is 2. The molecular formula is C17H16BrFO. The van der Waals surface area contributed by atoms with E-state index >= 15 is 0 Å². The smallest absolute Gasteiger partial charge is 0.170 e. The quantitative estimate of drug-likeness (QED) is 0.707. The van der Waals surface area contributed by atoms with Crippen molar-refractivity contribution >= 4 is 21.7 Å². The zero-order valence-corrected chi connectivity index (χ0v) is 13.1. The number of ketones is 1. The number of hydrogen-bond donors (Lipinski definition) is 0. The van der Waals surface area contributed by atoms with E-state index in [9.17, 15) is 9.18 Å². The van der Waals surface area contributed by atoms with Gasteiger partial charge < -0.3 is 0 Å². The summed E-state index contributed by atoms with van der Waals surface area (Å²) in [7, 11) is 0. The number of hydrogen-bond acceptors (Lipinski definition) is 1. The van der Waals surface area contributed by atoms with Crippen LogP contribution in [0.3, 0.4) is 0 Å². The van der Waals surface area contributed by atoms with E-state index in [0.29, 0.717) is 10.4 Å². The standard InChI is InChI=1S/C17H16BrFO/c1-11(2)13-5-3-12(4-6-13)9-17(20)15-8-7-14(18)10-16(15)19/h3-8,10-11H,9H2,1-2H3. The molecule has 0 saturated heterocycles. The molecule has 0 radical (unpaired) electrons. The monoisotopic (exact) mass is 334 g/mol. The van der Waals surface area contributed by atoms with Gasteiger partial charge in [-0.05, 0) is 35.2 Å². The van der Waals surface area contributed by atoms with E-state index < -0.39 is 5.82 Å². The molecule has 0 atom stereocenters. The third-order valence-corrected chi connectivity index (χ3v) is 3.74. The average molecular weight is 335 g/mol. The molecule has 0 aromatic heterocycles. The molecular weight excluding hydrogens is 319 g/mol. The predicted octanol–water partition coefficient (Wildman–Crippen LogP) is 5.14. The van der Waals surface area contributed by atoms with Crippen LogP contribution in [0.1, 0.15) is 41.3 Å². The SMILES string of the molecule is CC(C)c1ccc(CC(=O)c2ccc(Br)cc2F)cc1. The zero-order valence-electron chi connectivity index (χ0n) is 11.5. The third-order valence-electron chi connectivity index (χ3n) is 3.24. The number of Topliss-reactive ketones (excluding diaryl/α,β-unsaturated/α-hetero) is 1. The van der Waals surface area contributed by atoms with E-state index in [2.05, 4.69) is 29.8 Å². The first-order valence-corrected chi connectivity index (χ1v) is 7.33. The van der Waals surface area contributed by atoms with Crippen LogP contribution in [-0.4, -0.2) is 5.78 Å². The summed E-state index contributed by atoms with van der Waals surface area (Å²) >= 11 is 3.18. The van der Waals surface area contributed by atoms with E-state index in [-0.39, 0.29) is 17.8 Å². The number of benzene rings is 2. The van der Waals surface area contributed by atoms with Gasteiger partial charge in [0.25, 0.3) is 0 Å². The topological polar surface area (TPSA) is 17.1 Å². The van der Waals surface area contributed by atoms with Crippen molar-refractivity contribution in [2.45, 2.75) is 26.2 Å². The second-order valence-corrected chi connectivity index (χ2v) is 6.04. The van der Waals surface area contributed by atoms with Gasteiger partial charge in [0.2, 0.25) is 0 Å². The summed E-state index contributed by atoms with van der Waals surface area (Å²) in [5, 5.41) is 0. The third kappa shape index (κ3) is 3.54. The van der Waals surface area contributed by atoms with Gasteiger partial charge in [-0.15, -0.1) is 0 Å². The summed E-state index contributed by atoms with van der Waals surface area (Å²) in [4.78, 5) is 12.1. The van der Waals surface area contributed by atoms with E-state index in [1.165, 1.54) is 17.7 Å². The highest BCUT2D eigenvalue weighted by molar-refractivity contribution is 9.10. The maximum atomic E-state index is 13.7. The van der Waals surface area contributed by atoms with Crippen molar-refractivity contribution in [2.24, 2.45) is 0 Å². The molecule has 0 N–H and O–H groups in total. The lowest BCUT2D eigenvalue weighted by atomic mass is 9.98. The van der Waals surface area contributed by atoms with Crippen LogP contribution in [0.25, 0.3) is 0 Å². The first kappa shape index (κ1) is 14.9. The normalized spacial score (nSPS) is 10.8. The van der Waals surface area contributed by atoms with Crippen LogP contribution in [0.4, 0.5) is 4.39 Å². The lowest BCUT2D eigenvalue weighted by Gasteiger charge is -2.07. The molecule has 2 aromatic carbocycles. The maximum absolute atomic E-state index is 13.7. The molecule has 0 spiro atoms. The van der Waals surface area contributed by atoms with Crippen LogP contribution in [-0.2, 0) is 6.42 Å². The van der Waals surface area contributed by atoms with Crippen LogP contribution < -0.4 is 0 Å². The van der Waals surface area contributed by atoms with Gasteiger partial charge in [0, 0.05) is 10.9 Å². The van der Waals surface area contributed by atoms with E-state index in [1.807, 2.05) is 24.3 Å². The molecule has 104 valence electrons. The maximum Gasteiger partial charge on any atom is 0.170 e. The summed E-state index contributed by atoms with van der Waals surface area (Å²) in [5.41, 5.74) is 2.28. The lowest BCUT2D eigenvalue weighted by molar-refractivity contribution is 0.0989. The highest BCUT2D eigenvalue weighted by Gasteiger charge is 2.12. The van der Waals surface area contributed by atoms with Crippen LogP contribution >= 0.6 is 15.9 Å². The molecule has 0 amide bonds. The summed E-state index contributed by atoms with van der Waals surface area (Å²) in [5.74, 6) is -0.223. The van der Waals surface area contributed by atoms with Gasteiger partial charge in [0.1, 0.15) is 5.82 Å². The average Bonchev–Trinajstić information content (AvgIpc) is 2.39. The Hall–Kier alpha value is -1.48. The molecule has 0 aliphatic carbocycles. The van der Waals surface area contributed by atoms with Crippen LogP contribution in [0.15, 0.2) is 46.9 Å². The first-order valence-electron chi connectivity index (χ1n) is 6.54. The van der Waals surface area contributed by atoms with Crippen molar-refractivity contribution in [1.29, 1.82) is 0 Å². The van der Waals surface area contributed by atoms with Crippen molar-refractivity contribution in [2.75, 3.05) is 0 Å². The highest BCUT2D eigenvalue weighted by Crippen LogP contribution is 2.19. The number of carbonyl (C=O) groups excluding carboxylic acids is 1. The highest BCUT2D eigenvalue weighted by atomic mass is 79.9. The van der Waals surface area contributed by atoms with Gasteiger partial charge in [-0.3, -0.25) is 4.79 Å². The minimum Gasteiger partial charge on any atom is -0.294 e. The minimum atomic E-state index is -0.483. The Kier molecular flexibility index (Phi) is 4.71. The van der Waals surface area contributed by atoms with Crippen molar-refractivity contribution in [1.82, 2.24) is 0 Å². The molecule has 2 aromatic rings. The Labute approximate surface area is 127 Å². The molecule has 2 rings (SSSR count). The molecule has 0 bridgehead atoms. The Morgan fingerprint density at radius 2 is 1.80 bits per heavy atom. The summed E-state index contributed by atoms with van der Waals surface area (Å²) in [6.07, 6.45) is 0.219. The zero-order chi connectivity index (χ0) is 14.7. The summed E-state index contributed by atoms with van der Waals surface area (Å²) < 4.78 is 14.4. The Balaban J connectivity index is 2.15. The predicted molar refractivity (Wildman–Crippen MR) is 82.7 cm³/mol. The Bertz CT molecular complexity index is 617. The lowest BCUT2D eigenvalue weighted by Crippen LogP contribution is -2.06. The number of carbonyl (C=O) groups is 1. The van der Waals surface area contributed by atoms with Gasteiger partial charge in [0.15, 0.2) is 5.78 Å². The molecule has 0 heterocycles. The van der Waals surface area contributed by atoms with Crippen molar-refractivity contribution in [3.63, 3.8) is 0 Å². The van der Waals surface area contributed by atoms with Crippen molar-refractivity contribution in [3.8, 4) is 0 Å². The molecule has 1 nitrogen and oxygen atoms in total. The fourth-order valence-corrected chi connectivity index (χ4v) is 2.35. The minimum absolute atomic E-state index is 0.140. The molecule has 20 heavy (non-hydrogen) atoms.